The van der Waals surface area contributed by atoms with Crippen molar-refractivity contribution in [1.82, 2.24) is 19.8 Å². The van der Waals surface area contributed by atoms with Gasteiger partial charge >= 0.3 is 6.18 Å². The Morgan fingerprint density at radius 3 is 2.27 bits per heavy atom. The van der Waals surface area contributed by atoms with Crippen LogP contribution < -0.4 is 5.43 Å². The number of amides is 4. The summed E-state index contributed by atoms with van der Waals surface area (Å²) in [7, 11) is 0. The Morgan fingerprint density at radius 2 is 1.60 bits per heavy atom. The van der Waals surface area contributed by atoms with Crippen molar-refractivity contribution >= 4 is 52.6 Å². The second-order valence-electron chi connectivity index (χ2n) is 16.2. The predicted octanol–water partition coefficient (Wildman–Crippen LogP) is 7.90. The normalized spacial score (nSPS) is 27.2. The van der Waals surface area contributed by atoms with E-state index in [1.807, 2.05) is 24.3 Å². The number of aromatic hydroxyl groups is 1. The lowest BCUT2D eigenvalue weighted by Crippen LogP contribution is -2.53. The number of pyridine rings is 1. The largest absolute Gasteiger partial charge is 0.505 e. The number of aromatic nitrogens is 1. The molecule has 4 amide bonds. The first kappa shape index (κ1) is 40.1. The minimum Gasteiger partial charge on any atom is -0.505 e. The van der Waals surface area contributed by atoms with E-state index in [4.69, 9.17) is 23.2 Å². The van der Waals surface area contributed by atoms with Crippen LogP contribution in [0.1, 0.15) is 53.9 Å². The van der Waals surface area contributed by atoms with Gasteiger partial charge in [-0.2, -0.15) is 18.2 Å². The fourth-order valence-corrected chi connectivity index (χ4v) is 10.8. The van der Waals surface area contributed by atoms with Crippen LogP contribution in [-0.2, 0) is 37.3 Å². The maximum atomic E-state index is 15.4. The van der Waals surface area contributed by atoms with Crippen LogP contribution in [0.4, 0.5) is 23.4 Å². The van der Waals surface area contributed by atoms with Crippen LogP contribution in [-0.4, -0.2) is 67.7 Å². The van der Waals surface area contributed by atoms with Gasteiger partial charge in [-0.15, -0.1) is 0 Å². The number of halogens is 6. The number of carbonyl (C=O) groups excluding carboxylic acids is 4. The number of hydrogen-bond acceptors (Lipinski definition) is 8. The van der Waals surface area contributed by atoms with Crippen LogP contribution >= 0.6 is 23.2 Å². The molecule has 3 aliphatic heterocycles. The molecule has 2 N–H and O–H groups in total. The average molecular weight is 863 g/mol. The lowest BCUT2D eigenvalue weighted by atomic mass is 9.49. The maximum absolute atomic E-state index is 15.4. The van der Waals surface area contributed by atoms with Crippen molar-refractivity contribution < 1.29 is 41.8 Å². The van der Waals surface area contributed by atoms with Gasteiger partial charge in [-0.25, -0.2) is 9.37 Å². The van der Waals surface area contributed by atoms with E-state index in [2.05, 4.69) is 27.4 Å². The number of phenols is 1. The Labute approximate surface area is 351 Å². The Morgan fingerprint density at radius 1 is 0.883 bits per heavy atom. The highest BCUT2D eigenvalue weighted by atomic mass is 35.5. The molecule has 310 valence electrons. The van der Waals surface area contributed by atoms with Gasteiger partial charge in [0.2, 0.25) is 11.8 Å². The van der Waals surface area contributed by atoms with Gasteiger partial charge in [0, 0.05) is 42.8 Å². The smallest absolute Gasteiger partial charge is 0.417 e. The van der Waals surface area contributed by atoms with Crippen molar-refractivity contribution in [2.75, 3.05) is 18.5 Å². The van der Waals surface area contributed by atoms with Crippen molar-refractivity contribution in [2.45, 2.75) is 55.8 Å². The first-order valence-corrected chi connectivity index (χ1v) is 20.4. The zero-order valence-electron chi connectivity index (χ0n) is 31.7. The van der Waals surface area contributed by atoms with E-state index in [1.165, 1.54) is 11.0 Å². The Balaban J connectivity index is 1.11. The fourth-order valence-electron chi connectivity index (χ4n) is 10.4. The molecule has 4 heterocycles. The third kappa shape index (κ3) is 6.45. The van der Waals surface area contributed by atoms with E-state index in [9.17, 15) is 32.7 Å². The molecule has 2 aliphatic carbocycles. The van der Waals surface area contributed by atoms with Crippen LogP contribution in [0.3, 0.4) is 0 Å². The SMILES string of the molecule is O=C1[C@@H]2C[C@@H]3C(=CC[C@@H]4C(=O)N(C5CCN(Cc6ccccc6)CC5)C(=O)[C@@H]43)[C@H](c3ccc(O)c(F)c3)[C@]2(c2ccc(Cl)cc2)C(=O)N1Nc1ncc(C(F)(F)F)cc1Cl. The molecule has 0 radical (unpaired) electrons. The predicted molar refractivity (Wildman–Crippen MR) is 212 cm³/mol. The third-order valence-corrected chi connectivity index (χ3v) is 13.6. The minimum atomic E-state index is -4.77. The Bertz CT molecular complexity index is 2450. The molecule has 4 aromatic rings. The van der Waals surface area contributed by atoms with Crippen LogP contribution in [0.2, 0.25) is 10.0 Å². The van der Waals surface area contributed by atoms with Gasteiger partial charge < -0.3 is 5.11 Å². The number of carbonyl (C=O) groups is 4. The molecule has 3 aromatic carbocycles. The summed E-state index contributed by atoms with van der Waals surface area (Å²) in [5.41, 5.74) is 1.85. The van der Waals surface area contributed by atoms with E-state index in [-0.39, 0.29) is 36.3 Å². The highest BCUT2D eigenvalue weighted by molar-refractivity contribution is 6.33. The number of benzene rings is 3. The van der Waals surface area contributed by atoms with E-state index >= 15 is 9.18 Å². The summed E-state index contributed by atoms with van der Waals surface area (Å²) in [6.45, 7) is 2.10. The van der Waals surface area contributed by atoms with Crippen molar-refractivity contribution in [3.63, 3.8) is 0 Å². The topological polar surface area (TPSA) is 123 Å². The highest BCUT2D eigenvalue weighted by Crippen LogP contribution is 2.64. The monoisotopic (exact) mass is 861 g/mol. The molecule has 1 saturated carbocycles. The molecule has 60 heavy (non-hydrogen) atoms. The first-order valence-electron chi connectivity index (χ1n) is 19.6. The molecule has 10 nitrogen and oxygen atoms in total. The summed E-state index contributed by atoms with van der Waals surface area (Å²) in [5, 5.41) is 10.8. The number of nitrogens with one attached hydrogen (secondary N) is 1. The number of fused-ring (bicyclic) bond motifs is 4. The molecule has 0 unspecified atom stereocenters. The molecule has 6 atom stereocenters. The zero-order chi connectivity index (χ0) is 42.2. The van der Waals surface area contributed by atoms with Crippen molar-refractivity contribution in [2.24, 2.45) is 23.7 Å². The Hall–Kier alpha value is -5.31. The summed E-state index contributed by atoms with van der Waals surface area (Å²) in [6.07, 6.45) is -1.19. The number of hydrazine groups is 1. The number of allylic oxidation sites excluding steroid dienone is 2. The molecular formula is C44H37Cl2F4N5O5. The Kier molecular flexibility index (Phi) is 10.0. The first-order chi connectivity index (χ1) is 28.7. The van der Waals surface area contributed by atoms with Crippen LogP contribution in [0, 0.1) is 29.5 Å². The number of likely N-dealkylation sites (tertiary alicyclic amines) is 2. The molecule has 16 heteroatoms. The number of piperidine rings is 1. The average Bonchev–Trinajstić information content (AvgIpc) is 3.60. The number of anilines is 1. The minimum absolute atomic E-state index is 0.0774. The number of imide groups is 2. The number of nitrogens with zero attached hydrogens (tertiary/aromatic N) is 4. The van der Waals surface area contributed by atoms with Gasteiger partial charge in [-0.1, -0.05) is 83.4 Å². The van der Waals surface area contributed by atoms with Gasteiger partial charge in [-0.05, 0) is 78.6 Å². The van der Waals surface area contributed by atoms with Crippen LogP contribution in [0.5, 0.6) is 5.75 Å². The second kappa shape index (κ2) is 15.0. The number of phenolic OH excluding ortho intramolecular Hbond substituents is 1. The van der Waals surface area contributed by atoms with E-state index in [0.717, 1.165) is 24.2 Å². The molecule has 3 saturated heterocycles. The number of hydrogen-bond donors (Lipinski definition) is 2. The lowest BCUT2D eigenvalue weighted by Gasteiger charge is -2.50. The quantitative estimate of drug-likeness (QED) is 0.109. The summed E-state index contributed by atoms with van der Waals surface area (Å²) in [4.78, 5) is 66.8. The highest BCUT2D eigenvalue weighted by Gasteiger charge is 2.70. The molecule has 4 fully saturated rings. The van der Waals surface area contributed by atoms with Gasteiger partial charge in [0.15, 0.2) is 17.4 Å². The zero-order valence-corrected chi connectivity index (χ0v) is 33.2. The lowest BCUT2D eigenvalue weighted by molar-refractivity contribution is -0.144. The van der Waals surface area contributed by atoms with Crippen molar-refractivity contribution in [1.29, 1.82) is 0 Å². The van der Waals surface area contributed by atoms with E-state index < -0.39 is 81.0 Å². The maximum Gasteiger partial charge on any atom is 0.417 e. The summed E-state index contributed by atoms with van der Waals surface area (Å²) < 4.78 is 56.0. The number of rotatable bonds is 7. The molecule has 0 bridgehead atoms. The third-order valence-electron chi connectivity index (χ3n) is 13.1. The van der Waals surface area contributed by atoms with E-state index in [0.29, 0.717) is 59.4 Å². The van der Waals surface area contributed by atoms with Gasteiger partial charge in [-0.3, -0.25) is 34.4 Å². The molecule has 0 spiro atoms. The molecule has 5 aliphatic rings. The van der Waals surface area contributed by atoms with Gasteiger partial charge in [0.1, 0.15) is 0 Å². The number of alkyl halides is 3. The molecule has 9 rings (SSSR count). The summed E-state index contributed by atoms with van der Waals surface area (Å²) in [5.74, 6) is -9.07. The molecule has 1 aromatic heterocycles. The van der Waals surface area contributed by atoms with Crippen molar-refractivity contribution in [3.05, 3.63) is 135 Å². The van der Waals surface area contributed by atoms with Gasteiger partial charge in [0.05, 0.1) is 33.8 Å². The fraction of sp³-hybridized carbons (Fsp3) is 0.341. The van der Waals surface area contributed by atoms with Crippen LogP contribution in [0.25, 0.3) is 0 Å². The second-order valence-corrected chi connectivity index (χ2v) is 17.0. The molecular weight excluding hydrogens is 825 g/mol. The van der Waals surface area contributed by atoms with Gasteiger partial charge in [0.25, 0.3) is 11.8 Å². The summed E-state index contributed by atoms with van der Waals surface area (Å²) >= 11 is 12.6. The standard InChI is InChI=1S/C44H37Cl2F4N5O5/c45-27-9-7-25(8-10-27)43-32(40(58)55(42(43)60)52-38-33(46)19-26(21-51-38)44(48,49)50)20-31-29(37(43)24-6-13-35(56)34(47)18-24)11-12-30-36(31)41(59)54(39(30)57)28-14-16-53(17-15-28)22-23-4-2-1-3-5-23/h1-11,13,18-19,21,28,30-32,36-37,56H,12,14-17,20,22H2,(H,51,52)/t30-,31+,32-,36-,37-,43+/m0/s1. The van der Waals surface area contributed by atoms with Crippen molar-refractivity contribution in [3.8, 4) is 5.75 Å². The van der Waals surface area contributed by atoms with Crippen LogP contribution in [0.15, 0.2) is 96.7 Å². The van der Waals surface area contributed by atoms with E-state index in [1.54, 1.807) is 24.3 Å². The summed E-state index contributed by atoms with van der Waals surface area (Å²) in [6, 6.07) is 20.2.